The number of ether oxygens (including phenoxy) is 2. The molecule has 1 aliphatic rings. The summed E-state index contributed by atoms with van der Waals surface area (Å²) in [6.45, 7) is 4.31. The van der Waals surface area contributed by atoms with Gasteiger partial charge < -0.3 is 14.0 Å². The topological polar surface area (TPSA) is 102 Å². The Morgan fingerprint density at radius 3 is 2.65 bits per heavy atom. The Morgan fingerprint density at radius 2 is 1.97 bits per heavy atom. The first-order valence-electron chi connectivity index (χ1n) is 12.2. The average Bonchev–Trinajstić information content (AvgIpc) is 3.22. The number of sulfonamides is 1. The van der Waals surface area contributed by atoms with E-state index in [9.17, 15) is 18.5 Å². The van der Waals surface area contributed by atoms with Crippen molar-refractivity contribution < 1.29 is 22.7 Å². The number of benzene rings is 2. The van der Waals surface area contributed by atoms with Crippen molar-refractivity contribution in [1.82, 2.24) is 8.87 Å². The number of nitriles is 1. The molecule has 2 heterocycles. The van der Waals surface area contributed by atoms with Crippen LogP contribution in [0.5, 0.6) is 5.75 Å². The molecule has 4 rings (SSSR count). The first-order chi connectivity index (χ1) is 17.7. The third kappa shape index (κ3) is 5.41. The summed E-state index contributed by atoms with van der Waals surface area (Å²) in [5.41, 5.74) is 3.92. The number of fused-ring (bicyclic) bond motifs is 1. The third-order valence-electron chi connectivity index (χ3n) is 6.89. The van der Waals surface area contributed by atoms with Crippen LogP contribution >= 0.6 is 0 Å². The number of para-hydroxylation sites is 1. The SMILES string of the molecule is CC[C@@H]1CN(Cc2cc(C(CC(=O)OC)c3cc(C#N)n(C)c3)ccc2C)S(=O)(=O)c2ccccc2O1. The Morgan fingerprint density at radius 1 is 1.22 bits per heavy atom. The highest BCUT2D eigenvalue weighted by Crippen LogP contribution is 2.35. The van der Waals surface area contributed by atoms with E-state index in [1.165, 1.54) is 11.4 Å². The lowest BCUT2D eigenvalue weighted by Crippen LogP contribution is -2.36. The van der Waals surface area contributed by atoms with E-state index in [1.807, 2.05) is 38.2 Å². The summed E-state index contributed by atoms with van der Waals surface area (Å²) in [6, 6.07) is 16.5. The third-order valence-corrected chi connectivity index (χ3v) is 8.74. The lowest BCUT2D eigenvalue weighted by atomic mass is 9.88. The van der Waals surface area contributed by atoms with Crippen LogP contribution in [0, 0.1) is 18.3 Å². The van der Waals surface area contributed by atoms with Crippen molar-refractivity contribution in [2.24, 2.45) is 7.05 Å². The molecule has 0 saturated heterocycles. The van der Waals surface area contributed by atoms with Crippen molar-refractivity contribution in [3.05, 3.63) is 82.7 Å². The van der Waals surface area contributed by atoms with Crippen LogP contribution in [0.2, 0.25) is 0 Å². The maximum absolute atomic E-state index is 13.7. The van der Waals surface area contributed by atoms with Gasteiger partial charge in [0.2, 0.25) is 10.0 Å². The Balaban J connectivity index is 1.74. The lowest BCUT2D eigenvalue weighted by molar-refractivity contribution is -0.140. The predicted molar refractivity (Wildman–Crippen MR) is 139 cm³/mol. The minimum absolute atomic E-state index is 0.0923. The van der Waals surface area contributed by atoms with Gasteiger partial charge in [0.25, 0.3) is 0 Å². The number of nitrogens with zero attached hydrogens (tertiary/aromatic N) is 3. The summed E-state index contributed by atoms with van der Waals surface area (Å²) >= 11 is 0. The number of rotatable bonds is 7. The molecule has 8 nitrogen and oxygen atoms in total. The molecule has 194 valence electrons. The molecular weight excluding hydrogens is 490 g/mol. The number of carbonyl (C=O) groups is 1. The number of methoxy groups -OCH3 is 1. The highest BCUT2D eigenvalue weighted by Gasteiger charge is 2.34. The van der Waals surface area contributed by atoms with Gasteiger partial charge in [0.1, 0.15) is 28.5 Å². The molecule has 2 aromatic carbocycles. The molecule has 0 radical (unpaired) electrons. The van der Waals surface area contributed by atoms with E-state index < -0.39 is 10.0 Å². The van der Waals surface area contributed by atoms with Crippen LogP contribution in [0.3, 0.4) is 0 Å². The number of carbonyl (C=O) groups excluding carboxylic acids is 1. The van der Waals surface area contributed by atoms with Gasteiger partial charge in [0.15, 0.2) is 0 Å². The normalized spacial score (nSPS) is 17.6. The second-order valence-electron chi connectivity index (χ2n) is 9.29. The molecule has 3 aromatic rings. The molecule has 1 aromatic heterocycles. The van der Waals surface area contributed by atoms with E-state index in [4.69, 9.17) is 9.47 Å². The molecule has 0 aliphatic carbocycles. The van der Waals surface area contributed by atoms with Gasteiger partial charge in [-0.3, -0.25) is 4.79 Å². The molecule has 9 heteroatoms. The van der Waals surface area contributed by atoms with E-state index >= 15 is 0 Å². The number of aryl methyl sites for hydroxylation is 2. The molecule has 0 fully saturated rings. The van der Waals surface area contributed by atoms with Crippen LogP contribution in [0.4, 0.5) is 0 Å². The molecular formula is C28H31N3O5S. The fourth-order valence-electron chi connectivity index (χ4n) is 4.64. The van der Waals surface area contributed by atoms with Crippen molar-refractivity contribution in [3.8, 4) is 11.8 Å². The van der Waals surface area contributed by atoms with Crippen molar-refractivity contribution >= 4 is 16.0 Å². The van der Waals surface area contributed by atoms with Gasteiger partial charge in [-0.1, -0.05) is 37.3 Å². The molecule has 1 aliphatic heterocycles. The first kappa shape index (κ1) is 26.5. The largest absolute Gasteiger partial charge is 0.488 e. The van der Waals surface area contributed by atoms with Crippen LogP contribution in [0.15, 0.2) is 59.6 Å². The second-order valence-corrected chi connectivity index (χ2v) is 11.2. The average molecular weight is 522 g/mol. The number of hydrogen-bond acceptors (Lipinski definition) is 6. The Bertz CT molecular complexity index is 1450. The molecule has 0 spiro atoms. The summed E-state index contributed by atoms with van der Waals surface area (Å²) in [7, 11) is -0.665. The highest BCUT2D eigenvalue weighted by atomic mass is 32.2. The van der Waals surface area contributed by atoms with Gasteiger partial charge in [0, 0.05) is 25.7 Å². The zero-order valence-electron chi connectivity index (χ0n) is 21.5. The Hall–Kier alpha value is -3.61. The number of hydrogen-bond donors (Lipinski definition) is 0. The van der Waals surface area contributed by atoms with Gasteiger partial charge in [-0.15, -0.1) is 0 Å². The van der Waals surface area contributed by atoms with Crippen LogP contribution in [0.25, 0.3) is 0 Å². The Labute approximate surface area is 218 Å². The van der Waals surface area contributed by atoms with Crippen LogP contribution in [0.1, 0.15) is 53.6 Å². The lowest BCUT2D eigenvalue weighted by Gasteiger charge is -2.24. The van der Waals surface area contributed by atoms with E-state index in [0.717, 1.165) is 22.3 Å². The molecule has 0 N–H and O–H groups in total. The van der Waals surface area contributed by atoms with Crippen molar-refractivity contribution in [2.45, 2.75) is 50.2 Å². The molecule has 2 atom stereocenters. The fraction of sp³-hybridized carbons (Fsp3) is 0.357. The monoisotopic (exact) mass is 521 g/mol. The molecule has 1 unspecified atom stereocenters. The van der Waals surface area contributed by atoms with E-state index in [0.29, 0.717) is 17.9 Å². The predicted octanol–water partition coefficient (Wildman–Crippen LogP) is 4.26. The zero-order chi connectivity index (χ0) is 26.7. The fourth-order valence-corrected chi connectivity index (χ4v) is 6.21. The highest BCUT2D eigenvalue weighted by molar-refractivity contribution is 7.89. The number of aromatic nitrogens is 1. The minimum Gasteiger partial charge on any atom is -0.488 e. The van der Waals surface area contributed by atoms with Crippen molar-refractivity contribution in [2.75, 3.05) is 13.7 Å². The van der Waals surface area contributed by atoms with Crippen LogP contribution in [-0.4, -0.2) is 43.0 Å². The summed E-state index contributed by atoms with van der Waals surface area (Å²) in [5, 5.41) is 9.42. The molecule has 37 heavy (non-hydrogen) atoms. The second kappa shape index (κ2) is 10.8. The summed E-state index contributed by atoms with van der Waals surface area (Å²) in [6.07, 6.45) is 2.32. The van der Waals surface area contributed by atoms with E-state index in [2.05, 4.69) is 6.07 Å². The van der Waals surface area contributed by atoms with Crippen LogP contribution in [-0.2, 0) is 33.1 Å². The van der Waals surface area contributed by atoms with Gasteiger partial charge in [0.05, 0.1) is 20.1 Å². The standard InChI is InChI=1S/C28H31N3O5S/c1-5-24-18-31(37(33,34)27-9-7-6-8-26(27)36-24)17-21-12-20(11-10-19(21)2)25(14-28(32)35-4)22-13-23(15-29)30(3)16-22/h6-13,16,24-25H,5,14,17-18H2,1-4H3/t24-,25?/m1/s1. The summed E-state index contributed by atoms with van der Waals surface area (Å²) in [4.78, 5) is 12.5. The maximum atomic E-state index is 13.7. The van der Waals surface area contributed by atoms with Crippen LogP contribution < -0.4 is 4.74 Å². The van der Waals surface area contributed by atoms with Gasteiger partial charge in [-0.25, -0.2) is 8.42 Å². The first-order valence-corrected chi connectivity index (χ1v) is 13.6. The van der Waals surface area contributed by atoms with Gasteiger partial charge in [-0.2, -0.15) is 9.57 Å². The summed E-state index contributed by atoms with van der Waals surface area (Å²) < 4.78 is 41.5. The van der Waals surface area contributed by atoms with Crippen molar-refractivity contribution in [3.63, 3.8) is 0 Å². The number of esters is 1. The maximum Gasteiger partial charge on any atom is 0.306 e. The minimum atomic E-state index is -3.80. The molecule has 0 amide bonds. The smallest absolute Gasteiger partial charge is 0.306 e. The van der Waals surface area contributed by atoms with Crippen molar-refractivity contribution in [1.29, 1.82) is 5.26 Å². The zero-order valence-corrected chi connectivity index (χ0v) is 22.3. The van der Waals surface area contributed by atoms with E-state index in [-0.39, 0.29) is 42.4 Å². The molecule has 0 saturated carbocycles. The quantitative estimate of drug-likeness (QED) is 0.431. The Kier molecular flexibility index (Phi) is 7.71. The van der Waals surface area contributed by atoms with E-state index in [1.54, 1.807) is 41.9 Å². The van der Waals surface area contributed by atoms with Gasteiger partial charge >= 0.3 is 5.97 Å². The van der Waals surface area contributed by atoms with Gasteiger partial charge in [-0.05, 0) is 53.8 Å². The summed E-state index contributed by atoms with van der Waals surface area (Å²) in [5.74, 6) is -0.352. The molecule has 0 bridgehead atoms.